The number of aromatic nitrogens is 1. The maximum Gasteiger partial charge on any atom is 0.313 e. The maximum atomic E-state index is 10.9. The monoisotopic (exact) mass is 324 g/mol. The number of hydrogen-bond acceptors (Lipinski definition) is 5. The van der Waals surface area contributed by atoms with Crippen LogP contribution >= 0.6 is 23.2 Å². The van der Waals surface area contributed by atoms with E-state index in [2.05, 4.69) is 15.5 Å². The molecular formula is C13H10Cl2N4O2. The van der Waals surface area contributed by atoms with E-state index in [1.807, 2.05) is 0 Å². The fraction of sp³-hybridized carbons (Fsp3) is 0.0769. The number of aryl methyl sites for hydroxylation is 1. The second-order valence-corrected chi connectivity index (χ2v) is 4.94. The molecule has 0 saturated carbocycles. The first-order valence-electron chi connectivity index (χ1n) is 5.83. The highest BCUT2D eigenvalue weighted by atomic mass is 35.5. The van der Waals surface area contributed by atoms with Crippen LogP contribution in [0.3, 0.4) is 0 Å². The van der Waals surface area contributed by atoms with Gasteiger partial charge in [-0.2, -0.15) is 5.10 Å². The summed E-state index contributed by atoms with van der Waals surface area (Å²) in [6.07, 6.45) is 1.47. The first kappa shape index (κ1) is 15.2. The molecule has 0 unspecified atom stereocenters. The first-order chi connectivity index (χ1) is 9.97. The molecule has 1 aromatic heterocycles. The predicted octanol–water partition coefficient (Wildman–Crippen LogP) is 4.05. The Balaban J connectivity index is 2.19. The molecule has 0 bridgehead atoms. The van der Waals surface area contributed by atoms with Crippen LogP contribution in [0.5, 0.6) is 0 Å². The summed E-state index contributed by atoms with van der Waals surface area (Å²) >= 11 is 11.7. The van der Waals surface area contributed by atoms with Crippen LogP contribution in [0.25, 0.3) is 0 Å². The van der Waals surface area contributed by atoms with Crippen LogP contribution in [0.2, 0.25) is 10.0 Å². The lowest BCUT2D eigenvalue weighted by molar-refractivity contribution is -0.384. The Morgan fingerprint density at radius 1 is 1.29 bits per heavy atom. The Kier molecular flexibility index (Phi) is 4.72. The summed E-state index contributed by atoms with van der Waals surface area (Å²) in [6, 6.07) is 7.93. The fourth-order valence-corrected chi connectivity index (χ4v) is 1.85. The number of hydrogen-bond donors (Lipinski definition) is 1. The van der Waals surface area contributed by atoms with Gasteiger partial charge in [0.1, 0.15) is 0 Å². The van der Waals surface area contributed by atoms with Gasteiger partial charge in [-0.15, -0.1) is 0 Å². The summed E-state index contributed by atoms with van der Waals surface area (Å²) in [7, 11) is 0. The second kappa shape index (κ2) is 6.51. The number of nitrogens with one attached hydrogen (secondary N) is 1. The van der Waals surface area contributed by atoms with Crippen molar-refractivity contribution in [2.45, 2.75) is 6.92 Å². The lowest BCUT2D eigenvalue weighted by atomic mass is 10.2. The molecule has 1 aromatic carbocycles. The predicted molar refractivity (Wildman–Crippen MR) is 83.3 cm³/mol. The van der Waals surface area contributed by atoms with E-state index in [0.29, 0.717) is 21.3 Å². The van der Waals surface area contributed by atoms with E-state index >= 15 is 0 Å². The molecule has 0 aliphatic heterocycles. The van der Waals surface area contributed by atoms with Gasteiger partial charge in [-0.25, -0.2) is 4.98 Å². The number of pyridine rings is 1. The lowest BCUT2D eigenvalue weighted by Crippen LogP contribution is -2.00. The third-order valence-electron chi connectivity index (χ3n) is 2.54. The number of halogens is 2. The Hall–Kier alpha value is -2.18. The zero-order valence-electron chi connectivity index (χ0n) is 10.9. The van der Waals surface area contributed by atoms with Crippen LogP contribution in [-0.4, -0.2) is 16.1 Å². The van der Waals surface area contributed by atoms with Crippen molar-refractivity contribution in [3.05, 3.63) is 61.7 Å². The molecule has 0 fully saturated rings. The number of hydrazone groups is 1. The van der Waals surface area contributed by atoms with Crippen LogP contribution in [0, 0.1) is 17.0 Å². The Morgan fingerprint density at radius 3 is 2.71 bits per heavy atom. The van der Waals surface area contributed by atoms with E-state index in [1.165, 1.54) is 12.3 Å². The smallest absolute Gasteiger partial charge is 0.258 e. The summed E-state index contributed by atoms with van der Waals surface area (Å²) in [4.78, 5) is 14.4. The summed E-state index contributed by atoms with van der Waals surface area (Å²) in [5.41, 5.74) is 3.76. The topological polar surface area (TPSA) is 80.4 Å². The molecule has 2 aromatic rings. The van der Waals surface area contributed by atoms with E-state index in [4.69, 9.17) is 23.2 Å². The highest BCUT2D eigenvalue weighted by Crippen LogP contribution is 2.23. The van der Waals surface area contributed by atoms with Crippen molar-refractivity contribution in [1.82, 2.24) is 4.98 Å². The lowest BCUT2D eigenvalue weighted by Gasteiger charge is -2.02. The minimum Gasteiger partial charge on any atom is -0.258 e. The molecule has 0 amide bonds. The van der Waals surface area contributed by atoms with Crippen molar-refractivity contribution in [3.8, 4) is 0 Å². The van der Waals surface area contributed by atoms with Gasteiger partial charge in [0.05, 0.1) is 21.2 Å². The van der Waals surface area contributed by atoms with Gasteiger partial charge in [0.15, 0.2) is 0 Å². The third kappa shape index (κ3) is 3.90. The normalized spacial score (nSPS) is 10.8. The molecule has 6 nitrogen and oxygen atoms in total. The SMILES string of the molecule is Cc1ccc([N+](=O)[O-])c(N/N=C\c2ccc(Cl)c(Cl)c2)n1. The second-order valence-electron chi connectivity index (χ2n) is 4.12. The number of rotatable bonds is 4. The summed E-state index contributed by atoms with van der Waals surface area (Å²) in [5, 5.41) is 15.7. The van der Waals surface area contributed by atoms with Gasteiger partial charge < -0.3 is 0 Å². The van der Waals surface area contributed by atoms with E-state index in [-0.39, 0.29) is 11.5 Å². The highest BCUT2D eigenvalue weighted by Gasteiger charge is 2.14. The maximum absolute atomic E-state index is 10.9. The van der Waals surface area contributed by atoms with E-state index in [1.54, 1.807) is 31.2 Å². The molecule has 2 rings (SSSR count). The number of nitro groups is 1. The van der Waals surface area contributed by atoms with Gasteiger partial charge in [0, 0.05) is 11.8 Å². The molecule has 1 N–H and O–H groups in total. The minimum atomic E-state index is -0.524. The average molecular weight is 325 g/mol. The Labute approximate surface area is 130 Å². The van der Waals surface area contributed by atoms with Crippen LogP contribution in [0.4, 0.5) is 11.5 Å². The number of benzene rings is 1. The summed E-state index contributed by atoms with van der Waals surface area (Å²) < 4.78 is 0. The Bertz CT molecular complexity index is 719. The largest absolute Gasteiger partial charge is 0.313 e. The molecule has 8 heteroatoms. The van der Waals surface area contributed by atoms with E-state index < -0.39 is 4.92 Å². The van der Waals surface area contributed by atoms with Crippen LogP contribution < -0.4 is 5.43 Å². The average Bonchev–Trinajstić information content (AvgIpc) is 2.42. The van der Waals surface area contributed by atoms with Crippen molar-refractivity contribution in [3.63, 3.8) is 0 Å². The number of nitrogens with zero attached hydrogens (tertiary/aromatic N) is 3. The van der Waals surface area contributed by atoms with E-state index in [0.717, 1.165) is 0 Å². The van der Waals surface area contributed by atoms with Gasteiger partial charge in [-0.3, -0.25) is 15.5 Å². The zero-order valence-corrected chi connectivity index (χ0v) is 12.4. The molecule has 0 aliphatic carbocycles. The molecule has 0 saturated heterocycles. The molecule has 0 radical (unpaired) electrons. The molecule has 0 spiro atoms. The highest BCUT2D eigenvalue weighted by molar-refractivity contribution is 6.42. The quantitative estimate of drug-likeness (QED) is 0.522. The van der Waals surface area contributed by atoms with Crippen molar-refractivity contribution < 1.29 is 4.92 Å². The van der Waals surface area contributed by atoms with Gasteiger partial charge >= 0.3 is 5.69 Å². The molecule has 1 heterocycles. The summed E-state index contributed by atoms with van der Waals surface area (Å²) in [5.74, 6) is 0.0799. The first-order valence-corrected chi connectivity index (χ1v) is 6.59. The minimum absolute atomic E-state index is 0.0799. The third-order valence-corrected chi connectivity index (χ3v) is 3.28. The molecule has 0 atom stereocenters. The van der Waals surface area contributed by atoms with Crippen LogP contribution in [0.1, 0.15) is 11.3 Å². The van der Waals surface area contributed by atoms with Gasteiger partial charge in [-0.1, -0.05) is 29.3 Å². The van der Waals surface area contributed by atoms with Crippen molar-refractivity contribution in [2.24, 2.45) is 5.10 Å². The van der Waals surface area contributed by atoms with Crippen LogP contribution in [0.15, 0.2) is 35.4 Å². The number of anilines is 1. The van der Waals surface area contributed by atoms with Gasteiger partial charge in [0.25, 0.3) is 0 Å². The van der Waals surface area contributed by atoms with Crippen LogP contribution in [-0.2, 0) is 0 Å². The Morgan fingerprint density at radius 2 is 2.05 bits per heavy atom. The molecule has 0 aliphatic rings. The molecular weight excluding hydrogens is 315 g/mol. The molecule has 21 heavy (non-hydrogen) atoms. The van der Waals surface area contributed by atoms with E-state index in [9.17, 15) is 10.1 Å². The fourth-order valence-electron chi connectivity index (χ4n) is 1.54. The standard InChI is InChI=1S/C13H10Cl2N4O2/c1-8-2-5-12(19(20)21)13(17-8)18-16-7-9-3-4-10(14)11(15)6-9/h2-7H,1H3,(H,17,18)/b16-7-. The van der Waals surface area contributed by atoms with Crippen molar-refractivity contribution in [1.29, 1.82) is 0 Å². The molecule has 108 valence electrons. The summed E-state index contributed by atoms with van der Waals surface area (Å²) in [6.45, 7) is 1.73. The van der Waals surface area contributed by atoms with Crippen molar-refractivity contribution >= 4 is 40.9 Å². The van der Waals surface area contributed by atoms with Gasteiger partial charge in [-0.05, 0) is 30.7 Å². The van der Waals surface area contributed by atoms with Crippen molar-refractivity contribution in [2.75, 3.05) is 5.43 Å². The zero-order chi connectivity index (χ0) is 15.4. The van der Waals surface area contributed by atoms with Gasteiger partial charge in [0.2, 0.25) is 5.82 Å².